The number of hydrogen-bond donors (Lipinski definition) is 1. The van der Waals surface area contributed by atoms with E-state index in [0.717, 1.165) is 22.6 Å². The maximum absolute atomic E-state index is 13.9. The first kappa shape index (κ1) is 34.2. The molecule has 0 aliphatic heterocycles. The van der Waals surface area contributed by atoms with E-state index in [0.29, 0.717) is 22.5 Å². The molecule has 7 nitrogen and oxygen atoms in total. The molecule has 0 fully saturated rings. The van der Waals surface area contributed by atoms with Crippen molar-refractivity contribution in [1.82, 2.24) is 10.2 Å². The van der Waals surface area contributed by atoms with Crippen molar-refractivity contribution in [1.29, 1.82) is 0 Å². The van der Waals surface area contributed by atoms with Crippen LogP contribution in [0.4, 0.5) is 18.9 Å². The standard InChI is InChI=1S/C30H32Cl2F3N3O4S/c1-19(2)16-36-29(40)21(4)37(17-22-10-13-26(31)27(32)14-22)28(39)18-38(24-7-5-6-23(15-24)30(33,34)35)43(41,42)25-11-8-20(3)9-12-25/h5-15,19,21H,16-18H2,1-4H3,(H,36,40)/t21-/m0/s1. The summed E-state index contributed by atoms with van der Waals surface area (Å²) in [5.41, 5.74) is -0.196. The Morgan fingerprint density at radius 2 is 1.58 bits per heavy atom. The molecule has 0 aliphatic carbocycles. The summed E-state index contributed by atoms with van der Waals surface area (Å²) >= 11 is 12.2. The maximum Gasteiger partial charge on any atom is 0.416 e. The van der Waals surface area contributed by atoms with Crippen molar-refractivity contribution in [3.05, 3.63) is 93.5 Å². The van der Waals surface area contributed by atoms with Gasteiger partial charge in [-0.1, -0.05) is 66.9 Å². The van der Waals surface area contributed by atoms with Crippen LogP contribution in [-0.4, -0.2) is 44.3 Å². The number of nitrogens with one attached hydrogen (secondary N) is 1. The van der Waals surface area contributed by atoms with Crippen LogP contribution in [0.5, 0.6) is 0 Å². The van der Waals surface area contributed by atoms with E-state index in [9.17, 15) is 31.2 Å². The Hall–Kier alpha value is -3.28. The second-order valence-corrected chi connectivity index (χ2v) is 13.1. The maximum atomic E-state index is 13.9. The highest BCUT2D eigenvalue weighted by atomic mass is 35.5. The molecular formula is C30H32Cl2F3N3O4S. The van der Waals surface area contributed by atoms with E-state index >= 15 is 0 Å². The number of amides is 2. The highest BCUT2D eigenvalue weighted by Crippen LogP contribution is 2.33. The van der Waals surface area contributed by atoms with Gasteiger partial charge in [-0.15, -0.1) is 0 Å². The summed E-state index contributed by atoms with van der Waals surface area (Å²) in [4.78, 5) is 27.9. The lowest BCUT2D eigenvalue weighted by Gasteiger charge is -2.32. The molecule has 0 unspecified atom stereocenters. The molecule has 13 heteroatoms. The van der Waals surface area contributed by atoms with Crippen molar-refractivity contribution >= 4 is 50.7 Å². The molecule has 3 aromatic carbocycles. The van der Waals surface area contributed by atoms with Crippen molar-refractivity contribution in [3.63, 3.8) is 0 Å². The summed E-state index contributed by atoms with van der Waals surface area (Å²) in [6, 6.07) is 13.0. The van der Waals surface area contributed by atoms with E-state index in [-0.39, 0.29) is 33.1 Å². The van der Waals surface area contributed by atoms with Gasteiger partial charge in [0.25, 0.3) is 10.0 Å². The van der Waals surface area contributed by atoms with Crippen LogP contribution < -0.4 is 9.62 Å². The first-order valence-corrected chi connectivity index (χ1v) is 15.5. The molecule has 3 aromatic rings. The predicted octanol–water partition coefficient (Wildman–Crippen LogP) is 6.71. The molecule has 232 valence electrons. The van der Waals surface area contributed by atoms with Gasteiger partial charge in [0, 0.05) is 13.1 Å². The molecule has 0 bridgehead atoms. The van der Waals surface area contributed by atoms with Crippen LogP contribution in [0.1, 0.15) is 37.5 Å². The molecule has 0 saturated heterocycles. The van der Waals surface area contributed by atoms with E-state index < -0.39 is 46.2 Å². The van der Waals surface area contributed by atoms with Crippen molar-refractivity contribution < 1.29 is 31.2 Å². The molecule has 1 atom stereocenters. The number of alkyl halides is 3. The topological polar surface area (TPSA) is 86.8 Å². The molecule has 2 amide bonds. The van der Waals surface area contributed by atoms with Crippen LogP contribution in [0.25, 0.3) is 0 Å². The van der Waals surface area contributed by atoms with Crippen molar-refractivity contribution in [3.8, 4) is 0 Å². The van der Waals surface area contributed by atoms with Gasteiger partial charge in [-0.2, -0.15) is 13.2 Å². The quantitative estimate of drug-likeness (QED) is 0.248. The second-order valence-electron chi connectivity index (χ2n) is 10.5. The number of halogens is 5. The third-order valence-electron chi connectivity index (χ3n) is 6.54. The van der Waals surface area contributed by atoms with Gasteiger partial charge < -0.3 is 10.2 Å². The number of hydrogen-bond acceptors (Lipinski definition) is 4. The smallest absolute Gasteiger partial charge is 0.354 e. The average molecular weight is 659 g/mol. The normalized spacial score (nSPS) is 12.6. The molecule has 3 rings (SSSR count). The van der Waals surface area contributed by atoms with Gasteiger partial charge in [-0.05, 0) is 67.8 Å². The van der Waals surface area contributed by atoms with Crippen LogP contribution in [-0.2, 0) is 32.3 Å². The molecule has 0 aromatic heterocycles. The molecule has 1 N–H and O–H groups in total. The fourth-order valence-corrected chi connectivity index (χ4v) is 5.80. The van der Waals surface area contributed by atoms with Crippen LogP contribution >= 0.6 is 23.2 Å². The van der Waals surface area contributed by atoms with Gasteiger partial charge in [0.05, 0.1) is 26.2 Å². The fraction of sp³-hybridized carbons (Fsp3) is 0.333. The third-order valence-corrected chi connectivity index (χ3v) is 9.07. The van der Waals surface area contributed by atoms with Crippen molar-refractivity contribution in [2.24, 2.45) is 5.92 Å². The summed E-state index contributed by atoms with van der Waals surface area (Å²) < 4.78 is 69.1. The zero-order valence-electron chi connectivity index (χ0n) is 24.0. The Morgan fingerprint density at radius 3 is 2.16 bits per heavy atom. The van der Waals surface area contributed by atoms with Crippen LogP contribution in [0.15, 0.2) is 71.6 Å². The second kappa shape index (κ2) is 14.0. The van der Waals surface area contributed by atoms with Crippen LogP contribution in [0.2, 0.25) is 10.0 Å². The van der Waals surface area contributed by atoms with E-state index in [4.69, 9.17) is 23.2 Å². The number of rotatable bonds is 11. The van der Waals surface area contributed by atoms with Gasteiger partial charge >= 0.3 is 6.18 Å². The Labute approximate surface area is 259 Å². The number of carbonyl (C=O) groups is 2. The van der Waals surface area contributed by atoms with Gasteiger partial charge in [0.2, 0.25) is 11.8 Å². The summed E-state index contributed by atoms with van der Waals surface area (Å²) in [6.45, 7) is 6.30. The van der Waals surface area contributed by atoms with Gasteiger partial charge in [-0.3, -0.25) is 13.9 Å². The first-order valence-electron chi connectivity index (χ1n) is 13.3. The molecule has 0 spiro atoms. The molecule has 0 aliphatic rings. The third kappa shape index (κ3) is 8.87. The van der Waals surface area contributed by atoms with E-state index in [1.807, 2.05) is 13.8 Å². The lowest BCUT2D eigenvalue weighted by Crippen LogP contribution is -2.51. The van der Waals surface area contributed by atoms with Crippen molar-refractivity contribution in [2.45, 2.75) is 51.4 Å². The minimum Gasteiger partial charge on any atom is -0.354 e. The number of anilines is 1. The molecule has 0 heterocycles. The Kier molecular flexibility index (Phi) is 11.1. The van der Waals surface area contributed by atoms with Gasteiger partial charge in [0.1, 0.15) is 12.6 Å². The summed E-state index contributed by atoms with van der Waals surface area (Å²) in [6.07, 6.45) is -4.76. The number of nitrogens with zero attached hydrogens (tertiary/aromatic N) is 2. The zero-order chi connectivity index (χ0) is 32.1. The number of sulfonamides is 1. The van der Waals surface area contributed by atoms with E-state index in [1.165, 1.54) is 49.4 Å². The number of benzene rings is 3. The zero-order valence-corrected chi connectivity index (χ0v) is 26.3. The number of aryl methyl sites for hydroxylation is 1. The molecule has 43 heavy (non-hydrogen) atoms. The summed E-state index contributed by atoms with van der Waals surface area (Å²) in [7, 11) is -4.53. The van der Waals surface area contributed by atoms with E-state index in [2.05, 4.69) is 5.32 Å². The minimum absolute atomic E-state index is 0.117. The molecule has 0 saturated carbocycles. The van der Waals surface area contributed by atoms with Gasteiger partial charge in [0.15, 0.2) is 0 Å². The largest absolute Gasteiger partial charge is 0.416 e. The number of carbonyl (C=O) groups excluding carboxylic acids is 2. The highest BCUT2D eigenvalue weighted by Gasteiger charge is 2.35. The average Bonchev–Trinajstić information content (AvgIpc) is 2.94. The monoisotopic (exact) mass is 657 g/mol. The Morgan fingerprint density at radius 1 is 0.930 bits per heavy atom. The summed E-state index contributed by atoms with van der Waals surface area (Å²) in [5.74, 6) is -1.20. The van der Waals surface area contributed by atoms with Crippen LogP contribution in [0.3, 0.4) is 0 Å². The predicted molar refractivity (Wildman–Crippen MR) is 161 cm³/mol. The Balaban J connectivity index is 2.09. The van der Waals surface area contributed by atoms with Crippen LogP contribution in [0, 0.1) is 12.8 Å². The molecular weight excluding hydrogens is 626 g/mol. The Bertz CT molecular complexity index is 1570. The van der Waals surface area contributed by atoms with Gasteiger partial charge in [-0.25, -0.2) is 8.42 Å². The summed E-state index contributed by atoms with van der Waals surface area (Å²) in [5, 5.41) is 3.23. The lowest BCUT2D eigenvalue weighted by atomic mass is 10.1. The fourth-order valence-electron chi connectivity index (χ4n) is 4.07. The minimum atomic E-state index is -4.76. The van der Waals surface area contributed by atoms with E-state index in [1.54, 1.807) is 13.0 Å². The lowest BCUT2D eigenvalue weighted by molar-refractivity contribution is -0.139. The van der Waals surface area contributed by atoms with Crippen molar-refractivity contribution in [2.75, 3.05) is 17.4 Å². The SMILES string of the molecule is Cc1ccc(S(=O)(=O)N(CC(=O)N(Cc2ccc(Cl)c(Cl)c2)[C@@H](C)C(=O)NCC(C)C)c2cccc(C(F)(F)F)c2)cc1. The first-order chi connectivity index (χ1) is 20.0. The highest BCUT2D eigenvalue weighted by molar-refractivity contribution is 7.92. The molecule has 0 radical (unpaired) electrons.